The number of phenols is 1. The van der Waals surface area contributed by atoms with Crippen LogP contribution in [0.25, 0.3) is 0 Å². The summed E-state index contributed by atoms with van der Waals surface area (Å²) in [6.45, 7) is 3.58. The van der Waals surface area contributed by atoms with Gasteiger partial charge in [0.1, 0.15) is 5.75 Å². The van der Waals surface area contributed by atoms with Crippen molar-refractivity contribution >= 4 is 17.6 Å². The van der Waals surface area contributed by atoms with E-state index in [1.807, 2.05) is 0 Å². The van der Waals surface area contributed by atoms with Crippen molar-refractivity contribution in [1.29, 1.82) is 0 Å². The number of pyridine rings is 1. The van der Waals surface area contributed by atoms with Gasteiger partial charge in [-0.25, -0.2) is 0 Å². The number of nitrogens with two attached hydrogens (primary N) is 1. The predicted molar refractivity (Wildman–Crippen MR) is 124 cm³/mol. The maximum Gasteiger partial charge on any atom is 0.251 e. The van der Waals surface area contributed by atoms with Gasteiger partial charge in [0.2, 0.25) is 5.91 Å². The number of benzene rings is 2. The van der Waals surface area contributed by atoms with Crippen LogP contribution < -0.4 is 16.4 Å². The number of para-hydroxylation sites is 1. The molecular formula is C25H26N4O4. The van der Waals surface area contributed by atoms with Crippen molar-refractivity contribution in [2.75, 3.05) is 13.1 Å². The standard InChI is InChI=1S/C15H13NO3.C10H13N3O/c1-9-8-10(15(16)19)6-7-11(9)14(18)12-4-2-3-5-13(12)17;14-10(8-1-4-11-5-2-8)13-9-3-6-12-7-9/h2-8,17H,1H3,(H2,16,19);1-2,4-5,9,12H,3,6-7H2,(H,13,14). The third kappa shape index (κ3) is 6.24. The monoisotopic (exact) mass is 446 g/mol. The molecular weight excluding hydrogens is 420 g/mol. The lowest BCUT2D eigenvalue weighted by molar-refractivity contribution is 0.0938. The number of carbonyl (C=O) groups excluding carboxylic acids is 3. The van der Waals surface area contributed by atoms with Crippen molar-refractivity contribution in [3.8, 4) is 5.75 Å². The third-order valence-corrected chi connectivity index (χ3v) is 5.24. The number of nitrogens with zero attached hydrogens (tertiary/aromatic N) is 1. The predicted octanol–water partition coefficient (Wildman–Crippen LogP) is 2.20. The lowest BCUT2D eigenvalue weighted by Gasteiger charge is -2.10. The number of aromatic nitrogens is 1. The highest BCUT2D eigenvalue weighted by atomic mass is 16.3. The van der Waals surface area contributed by atoms with E-state index in [-0.39, 0.29) is 29.0 Å². The van der Waals surface area contributed by atoms with Gasteiger partial charge in [0, 0.05) is 41.7 Å². The molecule has 2 aromatic carbocycles. The van der Waals surface area contributed by atoms with Gasteiger partial charge >= 0.3 is 0 Å². The number of phenolic OH excluding ortho intramolecular Hbond substituents is 1. The Morgan fingerprint density at radius 3 is 2.36 bits per heavy atom. The van der Waals surface area contributed by atoms with Crippen molar-refractivity contribution in [3.63, 3.8) is 0 Å². The van der Waals surface area contributed by atoms with E-state index >= 15 is 0 Å². The molecule has 8 nitrogen and oxygen atoms in total. The number of ketones is 1. The number of hydrogen-bond acceptors (Lipinski definition) is 6. The molecule has 2 amide bonds. The first-order chi connectivity index (χ1) is 15.9. The summed E-state index contributed by atoms with van der Waals surface area (Å²) in [6, 6.07) is 14.7. The average Bonchev–Trinajstić information content (AvgIpc) is 3.33. The molecule has 0 radical (unpaired) electrons. The highest BCUT2D eigenvalue weighted by Crippen LogP contribution is 2.22. The van der Waals surface area contributed by atoms with E-state index in [1.54, 1.807) is 61.8 Å². The highest BCUT2D eigenvalue weighted by Gasteiger charge is 2.17. The SMILES string of the molecule is Cc1cc(C(N)=O)ccc1C(=O)c1ccccc1O.O=C(NC1CCNC1)c1ccncc1. The first-order valence-electron chi connectivity index (χ1n) is 10.5. The molecule has 0 aliphatic carbocycles. The highest BCUT2D eigenvalue weighted by molar-refractivity contribution is 6.11. The minimum atomic E-state index is -0.537. The molecule has 33 heavy (non-hydrogen) atoms. The van der Waals surface area contributed by atoms with Gasteiger partial charge in [0.05, 0.1) is 5.56 Å². The van der Waals surface area contributed by atoms with Crippen LogP contribution in [0.1, 0.15) is 48.6 Å². The lowest BCUT2D eigenvalue weighted by atomic mass is 9.96. The zero-order valence-electron chi connectivity index (χ0n) is 18.2. The first kappa shape index (κ1) is 23.6. The molecule has 3 aromatic rings. The molecule has 0 bridgehead atoms. The van der Waals surface area contributed by atoms with E-state index in [9.17, 15) is 19.5 Å². The fourth-order valence-electron chi connectivity index (χ4n) is 3.43. The van der Waals surface area contributed by atoms with E-state index in [4.69, 9.17) is 5.73 Å². The maximum atomic E-state index is 12.3. The summed E-state index contributed by atoms with van der Waals surface area (Å²) in [5.74, 6) is -0.900. The largest absolute Gasteiger partial charge is 0.507 e. The van der Waals surface area contributed by atoms with Gasteiger partial charge in [-0.2, -0.15) is 0 Å². The van der Waals surface area contributed by atoms with Gasteiger partial charge in [0.15, 0.2) is 5.78 Å². The third-order valence-electron chi connectivity index (χ3n) is 5.24. The van der Waals surface area contributed by atoms with E-state index in [2.05, 4.69) is 15.6 Å². The van der Waals surface area contributed by atoms with Crippen LogP contribution in [-0.2, 0) is 0 Å². The molecule has 1 saturated heterocycles. The van der Waals surface area contributed by atoms with Crippen LogP contribution in [0.15, 0.2) is 67.0 Å². The van der Waals surface area contributed by atoms with E-state index in [0.29, 0.717) is 22.3 Å². The molecule has 0 spiro atoms. The molecule has 1 atom stereocenters. The Morgan fingerprint density at radius 1 is 1.03 bits per heavy atom. The van der Waals surface area contributed by atoms with Gasteiger partial charge in [0.25, 0.3) is 5.91 Å². The van der Waals surface area contributed by atoms with Crippen molar-refractivity contribution in [1.82, 2.24) is 15.6 Å². The Balaban J connectivity index is 0.000000194. The van der Waals surface area contributed by atoms with Crippen molar-refractivity contribution in [2.45, 2.75) is 19.4 Å². The van der Waals surface area contributed by atoms with Crippen molar-refractivity contribution in [2.24, 2.45) is 5.73 Å². The van der Waals surface area contributed by atoms with E-state index < -0.39 is 5.91 Å². The Bertz CT molecular complexity index is 1140. The normalized spacial score (nSPS) is 14.6. The Hall–Kier alpha value is -4.04. The molecule has 0 saturated carbocycles. The second kappa shape index (κ2) is 11.0. The summed E-state index contributed by atoms with van der Waals surface area (Å²) in [5, 5.41) is 15.8. The van der Waals surface area contributed by atoms with Crippen LogP contribution in [0.3, 0.4) is 0 Å². The van der Waals surface area contributed by atoms with Gasteiger partial charge in [-0.15, -0.1) is 0 Å². The number of primary amides is 1. The summed E-state index contributed by atoms with van der Waals surface area (Å²) >= 11 is 0. The summed E-state index contributed by atoms with van der Waals surface area (Å²) < 4.78 is 0. The van der Waals surface area contributed by atoms with E-state index in [1.165, 1.54) is 12.1 Å². The Morgan fingerprint density at radius 2 is 1.76 bits per heavy atom. The fourth-order valence-corrected chi connectivity index (χ4v) is 3.43. The maximum absolute atomic E-state index is 12.3. The quantitative estimate of drug-likeness (QED) is 0.444. The Kier molecular flexibility index (Phi) is 7.88. The average molecular weight is 447 g/mol. The van der Waals surface area contributed by atoms with E-state index in [0.717, 1.165) is 19.5 Å². The molecule has 4 rings (SSSR count). The second-order valence-corrected chi connectivity index (χ2v) is 7.64. The molecule has 170 valence electrons. The molecule has 2 heterocycles. The summed E-state index contributed by atoms with van der Waals surface area (Å²) in [4.78, 5) is 38.8. The van der Waals surface area contributed by atoms with Gasteiger partial charge in [-0.3, -0.25) is 19.4 Å². The number of aryl methyl sites for hydroxylation is 1. The molecule has 1 aromatic heterocycles. The molecule has 1 aliphatic heterocycles. The zero-order valence-corrected chi connectivity index (χ0v) is 18.2. The van der Waals surface area contributed by atoms with Crippen LogP contribution >= 0.6 is 0 Å². The van der Waals surface area contributed by atoms with Crippen LogP contribution in [0.5, 0.6) is 5.75 Å². The topological polar surface area (TPSA) is 134 Å². The minimum Gasteiger partial charge on any atom is -0.507 e. The zero-order chi connectivity index (χ0) is 23.8. The number of carbonyl (C=O) groups is 3. The van der Waals surface area contributed by atoms with Crippen molar-refractivity contribution in [3.05, 3.63) is 94.8 Å². The van der Waals surface area contributed by atoms with Crippen LogP contribution in [0.2, 0.25) is 0 Å². The number of nitrogens with one attached hydrogen (secondary N) is 2. The molecule has 8 heteroatoms. The van der Waals surface area contributed by atoms with Crippen LogP contribution in [0, 0.1) is 6.92 Å². The molecule has 1 aliphatic rings. The first-order valence-corrected chi connectivity index (χ1v) is 10.5. The summed E-state index contributed by atoms with van der Waals surface area (Å²) in [6.07, 6.45) is 4.26. The summed E-state index contributed by atoms with van der Waals surface area (Å²) in [7, 11) is 0. The minimum absolute atomic E-state index is 0.0129. The fraction of sp³-hybridized carbons (Fsp3) is 0.200. The van der Waals surface area contributed by atoms with Crippen LogP contribution in [-0.4, -0.2) is 46.8 Å². The Labute approximate surface area is 191 Å². The van der Waals surface area contributed by atoms with Crippen LogP contribution in [0.4, 0.5) is 0 Å². The van der Waals surface area contributed by atoms with Crippen molar-refractivity contribution < 1.29 is 19.5 Å². The molecule has 1 fully saturated rings. The van der Waals surface area contributed by atoms with Gasteiger partial charge in [-0.1, -0.05) is 12.1 Å². The molecule has 5 N–H and O–H groups in total. The second-order valence-electron chi connectivity index (χ2n) is 7.64. The number of amides is 2. The van der Waals surface area contributed by atoms with Gasteiger partial charge in [-0.05, 0) is 67.9 Å². The number of aromatic hydroxyl groups is 1. The van der Waals surface area contributed by atoms with Gasteiger partial charge < -0.3 is 21.5 Å². The molecule has 1 unspecified atom stereocenters. The lowest BCUT2D eigenvalue weighted by Crippen LogP contribution is -2.36. The number of hydrogen-bond donors (Lipinski definition) is 4. The summed E-state index contributed by atoms with van der Waals surface area (Å²) in [5.41, 5.74) is 7.52. The number of rotatable bonds is 5. The smallest absolute Gasteiger partial charge is 0.251 e.